The lowest BCUT2D eigenvalue weighted by Crippen LogP contribution is -2.18. The summed E-state index contributed by atoms with van der Waals surface area (Å²) in [5, 5.41) is 0.652. The van der Waals surface area contributed by atoms with E-state index in [0.717, 1.165) is 23.5 Å². The van der Waals surface area contributed by atoms with Crippen molar-refractivity contribution in [3.63, 3.8) is 0 Å². The van der Waals surface area contributed by atoms with Gasteiger partial charge in [0.1, 0.15) is 5.82 Å². The lowest BCUT2D eigenvalue weighted by Gasteiger charge is -2.26. The number of halogens is 2. The zero-order valence-corrected chi connectivity index (χ0v) is 11.5. The fourth-order valence-corrected chi connectivity index (χ4v) is 2.31. The zero-order chi connectivity index (χ0) is 13.8. The molecule has 2 rings (SSSR count). The fourth-order valence-electron chi connectivity index (χ4n) is 2.12. The van der Waals surface area contributed by atoms with Gasteiger partial charge in [0.15, 0.2) is 0 Å². The van der Waals surface area contributed by atoms with Gasteiger partial charge in [0.25, 0.3) is 0 Å². The van der Waals surface area contributed by atoms with Crippen LogP contribution in [0.3, 0.4) is 0 Å². The van der Waals surface area contributed by atoms with Gasteiger partial charge in [-0.3, -0.25) is 0 Å². The third-order valence-electron chi connectivity index (χ3n) is 2.99. The molecule has 0 fully saturated rings. The lowest BCUT2D eigenvalue weighted by atomic mass is 10.1. The van der Waals surface area contributed by atoms with E-state index in [0.29, 0.717) is 11.6 Å². The van der Waals surface area contributed by atoms with Gasteiger partial charge >= 0.3 is 0 Å². The van der Waals surface area contributed by atoms with Crippen LogP contribution in [0.1, 0.15) is 12.5 Å². The highest BCUT2D eigenvalue weighted by Crippen LogP contribution is 2.30. The maximum Gasteiger partial charge on any atom is 0.125 e. The van der Waals surface area contributed by atoms with Crippen molar-refractivity contribution in [2.75, 3.05) is 11.4 Å². The number of hydrogen-bond acceptors (Lipinski definition) is 2. The van der Waals surface area contributed by atoms with Crippen molar-refractivity contribution in [3.8, 4) is 0 Å². The van der Waals surface area contributed by atoms with Crippen LogP contribution in [0, 0.1) is 5.82 Å². The largest absolute Gasteiger partial charge is 0.341 e. The minimum atomic E-state index is -0.251. The second kappa shape index (κ2) is 6.04. The molecule has 2 N–H and O–H groups in total. The van der Waals surface area contributed by atoms with E-state index >= 15 is 0 Å². The molecule has 0 unspecified atom stereocenters. The predicted octanol–water partition coefficient (Wildman–Crippen LogP) is 4.10. The highest BCUT2D eigenvalue weighted by molar-refractivity contribution is 6.30. The summed E-state index contributed by atoms with van der Waals surface area (Å²) in [6, 6.07) is 12.1. The van der Waals surface area contributed by atoms with Crippen molar-refractivity contribution in [1.29, 1.82) is 0 Å². The van der Waals surface area contributed by atoms with Gasteiger partial charge in [-0.1, -0.05) is 17.7 Å². The molecule has 0 aliphatic carbocycles. The van der Waals surface area contributed by atoms with Crippen LogP contribution in [-0.2, 0) is 6.54 Å². The third-order valence-corrected chi connectivity index (χ3v) is 3.22. The highest BCUT2D eigenvalue weighted by Gasteiger charge is 2.12. The summed E-state index contributed by atoms with van der Waals surface area (Å²) >= 11 is 5.98. The SMILES string of the molecule is CCN(c1cccc(F)c1)c1ccc(Cl)cc1CN. The number of rotatable bonds is 4. The van der Waals surface area contributed by atoms with E-state index in [1.165, 1.54) is 12.1 Å². The molecule has 0 amide bonds. The average molecular weight is 279 g/mol. The van der Waals surface area contributed by atoms with Gasteiger partial charge < -0.3 is 10.6 Å². The van der Waals surface area contributed by atoms with E-state index in [2.05, 4.69) is 0 Å². The molecule has 0 saturated heterocycles. The molecule has 0 saturated carbocycles. The predicted molar refractivity (Wildman–Crippen MR) is 78.4 cm³/mol. The van der Waals surface area contributed by atoms with Gasteiger partial charge in [-0.2, -0.15) is 0 Å². The highest BCUT2D eigenvalue weighted by atomic mass is 35.5. The maximum absolute atomic E-state index is 13.4. The summed E-state index contributed by atoms with van der Waals surface area (Å²) in [7, 11) is 0. The molecule has 100 valence electrons. The summed E-state index contributed by atoms with van der Waals surface area (Å²) in [4.78, 5) is 2.02. The van der Waals surface area contributed by atoms with Crippen molar-refractivity contribution in [3.05, 3.63) is 58.9 Å². The Morgan fingerprint density at radius 3 is 2.63 bits per heavy atom. The first kappa shape index (κ1) is 13.8. The monoisotopic (exact) mass is 278 g/mol. The van der Waals surface area contributed by atoms with Crippen molar-refractivity contribution in [1.82, 2.24) is 0 Å². The van der Waals surface area contributed by atoms with E-state index in [9.17, 15) is 4.39 Å². The topological polar surface area (TPSA) is 29.3 Å². The Morgan fingerprint density at radius 1 is 1.21 bits per heavy atom. The molecule has 4 heteroatoms. The molecule has 0 heterocycles. The first-order valence-corrected chi connectivity index (χ1v) is 6.55. The lowest BCUT2D eigenvalue weighted by molar-refractivity contribution is 0.627. The van der Waals surface area contributed by atoms with E-state index in [-0.39, 0.29) is 5.82 Å². The smallest absolute Gasteiger partial charge is 0.125 e. The Balaban J connectivity index is 2.48. The Bertz CT molecular complexity index is 572. The van der Waals surface area contributed by atoms with Crippen molar-refractivity contribution in [2.24, 2.45) is 5.73 Å². The van der Waals surface area contributed by atoms with Crippen molar-refractivity contribution >= 4 is 23.0 Å². The van der Waals surface area contributed by atoms with Crippen LogP contribution in [0.4, 0.5) is 15.8 Å². The Kier molecular flexibility index (Phi) is 4.40. The van der Waals surface area contributed by atoms with E-state index in [1.54, 1.807) is 6.07 Å². The second-order valence-corrected chi connectivity index (χ2v) is 4.64. The van der Waals surface area contributed by atoms with Gasteiger partial charge in [-0.05, 0) is 48.9 Å². The second-order valence-electron chi connectivity index (χ2n) is 4.20. The molecule has 0 radical (unpaired) electrons. The van der Waals surface area contributed by atoms with Gasteiger partial charge in [-0.25, -0.2) is 4.39 Å². The number of anilines is 2. The molecule has 0 atom stereocenters. The minimum Gasteiger partial charge on any atom is -0.341 e. The molecule has 2 aromatic carbocycles. The molecule has 0 aliphatic heterocycles. The first-order valence-electron chi connectivity index (χ1n) is 6.17. The van der Waals surface area contributed by atoms with Crippen LogP contribution in [0.15, 0.2) is 42.5 Å². The molecule has 2 aromatic rings. The number of benzene rings is 2. The molecule has 0 bridgehead atoms. The third kappa shape index (κ3) is 3.06. The van der Waals surface area contributed by atoms with Crippen LogP contribution in [0.5, 0.6) is 0 Å². The first-order chi connectivity index (χ1) is 9.15. The van der Waals surface area contributed by atoms with Gasteiger partial charge in [0.05, 0.1) is 0 Å². The van der Waals surface area contributed by atoms with E-state index < -0.39 is 0 Å². The molecule has 0 aromatic heterocycles. The van der Waals surface area contributed by atoms with Crippen LogP contribution in [-0.4, -0.2) is 6.54 Å². The summed E-state index contributed by atoms with van der Waals surface area (Å²) < 4.78 is 13.4. The zero-order valence-electron chi connectivity index (χ0n) is 10.7. The summed E-state index contributed by atoms with van der Waals surface area (Å²) in [6.45, 7) is 3.12. The molecular weight excluding hydrogens is 263 g/mol. The quantitative estimate of drug-likeness (QED) is 0.912. The Morgan fingerprint density at radius 2 is 2.00 bits per heavy atom. The molecule has 0 spiro atoms. The fraction of sp³-hybridized carbons (Fsp3) is 0.200. The number of hydrogen-bond donors (Lipinski definition) is 1. The summed E-state index contributed by atoms with van der Waals surface area (Å²) in [6.07, 6.45) is 0. The van der Waals surface area contributed by atoms with E-state index in [4.69, 9.17) is 17.3 Å². The normalized spacial score (nSPS) is 10.5. The molecule has 19 heavy (non-hydrogen) atoms. The number of nitrogens with zero attached hydrogens (tertiary/aromatic N) is 1. The Hall–Kier alpha value is -1.58. The van der Waals surface area contributed by atoms with Crippen LogP contribution in [0.2, 0.25) is 5.02 Å². The van der Waals surface area contributed by atoms with Gasteiger partial charge in [0, 0.05) is 29.5 Å². The summed E-state index contributed by atoms with van der Waals surface area (Å²) in [5.41, 5.74) is 8.47. The maximum atomic E-state index is 13.4. The van der Waals surface area contributed by atoms with Crippen molar-refractivity contribution < 1.29 is 4.39 Å². The number of nitrogens with two attached hydrogens (primary N) is 1. The van der Waals surface area contributed by atoms with Crippen LogP contribution >= 0.6 is 11.6 Å². The van der Waals surface area contributed by atoms with Crippen molar-refractivity contribution in [2.45, 2.75) is 13.5 Å². The molecule has 2 nitrogen and oxygen atoms in total. The van der Waals surface area contributed by atoms with Gasteiger partial charge in [-0.15, -0.1) is 0 Å². The van der Waals surface area contributed by atoms with Gasteiger partial charge in [0.2, 0.25) is 0 Å². The molecular formula is C15H16ClFN2. The minimum absolute atomic E-state index is 0.251. The average Bonchev–Trinajstić information content (AvgIpc) is 2.41. The van der Waals surface area contributed by atoms with Crippen LogP contribution in [0.25, 0.3) is 0 Å². The standard InChI is InChI=1S/C15H16ClFN2/c1-2-19(14-5-3-4-13(17)9-14)15-7-6-12(16)8-11(15)10-18/h3-9H,2,10,18H2,1H3. The van der Waals surface area contributed by atoms with Crippen LogP contribution < -0.4 is 10.6 Å². The molecule has 0 aliphatic rings. The summed E-state index contributed by atoms with van der Waals surface area (Å²) in [5.74, 6) is -0.251. The van der Waals surface area contributed by atoms with E-state index in [1.807, 2.05) is 36.1 Å². The Labute approximate surface area is 117 Å².